The number of nitrogens with one attached hydrogen (secondary N) is 1. The van der Waals surface area contributed by atoms with Crippen molar-refractivity contribution in [3.05, 3.63) is 67.8 Å². The highest BCUT2D eigenvalue weighted by molar-refractivity contribution is 7.19. The lowest BCUT2D eigenvalue weighted by Crippen LogP contribution is -2.40. The quantitative estimate of drug-likeness (QED) is 0.375. The van der Waals surface area contributed by atoms with Crippen LogP contribution >= 0.6 is 22.9 Å². The normalized spacial score (nSPS) is 13.7. The molecule has 0 saturated carbocycles. The molecule has 1 aliphatic heterocycles. The number of benzene rings is 1. The summed E-state index contributed by atoms with van der Waals surface area (Å²) in [5.41, 5.74) is 0.612. The minimum atomic E-state index is -0.440. The molecule has 10 heteroatoms. The Morgan fingerprint density at radius 1 is 1.22 bits per heavy atom. The molecule has 2 aromatic heterocycles. The van der Waals surface area contributed by atoms with E-state index < -0.39 is 5.91 Å². The lowest BCUT2D eigenvalue weighted by molar-refractivity contribution is -0.144. The van der Waals surface area contributed by atoms with Crippen molar-refractivity contribution < 1.29 is 19.1 Å². The predicted octanol–water partition coefficient (Wildman–Crippen LogP) is 2.89. The number of esters is 1. The van der Waals surface area contributed by atoms with Crippen LogP contribution in [0.3, 0.4) is 0 Å². The van der Waals surface area contributed by atoms with E-state index in [9.17, 15) is 14.4 Å². The predicted molar refractivity (Wildman–Crippen MR) is 139 cm³/mol. The molecule has 1 saturated heterocycles. The maximum atomic E-state index is 13.1. The fourth-order valence-electron chi connectivity index (χ4n) is 3.74. The van der Waals surface area contributed by atoms with Crippen LogP contribution in [0.1, 0.15) is 27.7 Å². The first-order valence-corrected chi connectivity index (χ1v) is 12.8. The van der Waals surface area contributed by atoms with Gasteiger partial charge in [0.25, 0.3) is 5.91 Å². The molecule has 1 amide bonds. The summed E-state index contributed by atoms with van der Waals surface area (Å²) in [6, 6.07) is 8.82. The second-order valence-corrected chi connectivity index (χ2v) is 9.61. The van der Waals surface area contributed by atoms with Gasteiger partial charge in [0.05, 0.1) is 30.0 Å². The summed E-state index contributed by atoms with van der Waals surface area (Å²) in [7, 11) is 0. The molecule has 1 aliphatic rings. The van der Waals surface area contributed by atoms with E-state index in [0.29, 0.717) is 48.1 Å². The number of fused-ring (bicyclic) bond motifs is 1. The molecule has 0 radical (unpaired) electrons. The van der Waals surface area contributed by atoms with Gasteiger partial charge < -0.3 is 19.4 Å². The molecule has 1 fully saturated rings. The zero-order valence-corrected chi connectivity index (χ0v) is 21.4. The van der Waals surface area contributed by atoms with Crippen molar-refractivity contribution in [3.8, 4) is 11.8 Å². The Balaban J connectivity index is 1.43. The number of morpholine rings is 1. The van der Waals surface area contributed by atoms with E-state index in [1.807, 2.05) is 28.5 Å². The Hall–Kier alpha value is -3.16. The average molecular weight is 528 g/mol. The number of pyridine rings is 1. The average Bonchev–Trinajstić information content (AvgIpc) is 3.32. The van der Waals surface area contributed by atoms with Crippen LogP contribution in [0.25, 0.3) is 10.2 Å². The van der Waals surface area contributed by atoms with Crippen LogP contribution in [0, 0.1) is 11.8 Å². The summed E-state index contributed by atoms with van der Waals surface area (Å²) in [5, 5.41) is 3.86. The minimum absolute atomic E-state index is 0.0339. The molecule has 0 bridgehead atoms. The van der Waals surface area contributed by atoms with Crippen molar-refractivity contribution in [1.29, 1.82) is 0 Å². The fourth-order valence-corrected chi connectivity index (χ4v) is 4.94. The summed E-state index contributed by atoms with van der Waals surface area (Å²) < 4.78 is 12.3. The molecule has 0 unspecified atom stereocenters. The molecule has 0 aliphatic carbocycles. The van der Waals surface area contributed by atoms with E-state index >= 15 is 0 Å². The number of hydrogen-bond acceptors (Lipinski definition) is 7. The number of aromatic nitrogens is 1. The number of ether oxygens (including phenoxy) is 2. The van der Waals surface area contributed by atoms with Crippen LogP contribution in [0.5, 0.6) is 0 Å². The smallest absolute Gasteiger partial charge is 0.321 e. The molecule has 4 rings (SSSR count). The maximum absolute atomic E-state index is 13.1. The van der Waals surface area contributed by atoms with Crippen molar-refractivity contribution in [2.45, 2.75) is 20.0 Å². The minimum Gasteiger partial charge on any atom is -0.452 e. The second-order valence-electron chi connectivity index (χ2n) is 8.15. The molecule has 1 aromatic carbocycles. The van der Waals surface area contributed by atoms with Gasteiger partial charge in [0, 0.05) is 37.4 Å². The SMILES string of the molecule is CCn1cc(C(=O)NCc2ccc(Cl)cc2)c(=O)c2cc(C#CCOC(=O)CN3CCOCC3)sc21. The van der Waals surface area contributed by atoms with Crippen molar-refractivity contribution >= 4 is 45.0 Å². The third-order valence-corrected chi connectivity index (χ3v) is 7.01. The van der Waals surface area contributed by atoms with Crippen LogP contribution in [0.2, 0.25) is 5.02 Å². The van der Waals surface area contributed by atoms with Gasteiger partial charge in [0.1, 0.15) is 10.4 Å². The first kappa shape index (κ1) is 25.9. The Morgan fingerprint density at radius 2 is 1.97 bits per heavy atom. The third kappa shape index (κ3) is 6.53. The van der Waals surface area contributed by atoms with E-state index in [0.717, 1.165) is 10.4 Å². The molecule has 0 atom stereocenters. The van der Waals surface area contributed by atoms with E-state index in [4.69, 9.17) is 21.1 Å². The first-order valence-electron chi connectivity index (χ1n) is 11.6. The van der Waals surface area contributed by atoms with Gasteiger partial charge in [-0.3, -0.25) is 19.3 Å². The monoisotopic (exact) mass is 527 g/mol. The lowest BCUT2D eigenvalue weighted by atomic mass is 10.2. The number of aryl methyl sites for hydroxylation is 1. The van der Waals surface area contributed by atoms with Crippen molar-refractivity contribution in [3.63, 3.8) is 0 Å². The number of halogens is 1. The maximum Gasteiger partial charge on any atom is 0.321 e. The molecule has 36 heavy (non-hydrogen) atoms. The van der Waals surface area contributed by atoms with E-state index in [1.165, 1.54) is 11.3 Å². The van der Waals surface area contributed by atoms with E-state index in [-0.39, 0.29) is 36.7 Å². The lowest BCUT2D eigenvalue weighted by Gasteiger charge is -2.25. The standard InChI is InChI=1S/C26H26ClN3O5S/c1-2-30-16-22(25(33)28-15-18-5-7-19(27)8-6-18)24(32)21-14-20(36-26(21)30)4-3-11-35-23(31)17-29-9-12-34-13-10-29/h5-8,14,16H,2,9-13,15,17H2,1H3,(H,28,33). The van der Waals surface area contributed by atoms with Gasteiger partial charge in [-0.2, -0.15) is 0 Å². The van der Waals surface area contributed by atoms with Gasteiger partial charge in [-0.15, -0.1) is 11.3 Å². The number of amides is 1. The Labute approximate surface area is 217 Å². The second kappa shape index (κ2) is 12.2. The molecule has 3 heterocycles. The summed E-state index contributed by atoms with van der Waals surface area (Å²) in [6.07, 6.45) is 1.59. The molecular formula is C26H26ClN3O5S. The summed E-state index contributed by atoms with van der Waals surface area (Å²) in [4.78, 5) is 41.3. The summed E-state index contributed by atoms with van der Waals surface area (Å²) in [5.74, 6) is 5.04. The van der Waals surface area contributed by atoms with Crippen molar-refractivity contribution in [1.82, 2.24) is 14.8 Å². The van der Waals surface area contributed by atoms with Crippen LogP contribution in [0.15, 0.2) is 41.3 Å². The topological polar surface area (TPSA) is 89.9 Å². The van der Waals surface area contributed by atoms with Gasteiger partial charge in [-0.1, -0.05) is 35.6 Å². The van der Waals surface area contributed by atoms with Crippen molar-refractivity contribution in [2.24, 2.45) is 0 Å². The molecule has 188 valence electrons. The van der Waals surface area contributed by atoms with Gasteiger partial charge in [0.2, 0.25) is 5.43 Å². The highest BCUT2D eigenvalue weighted by atomic mass is 35.5. The van der Waals surface area contributed by atoms with Gasteiger partial charge >= 0.3 is 5.97 Å². The molecule has 3 aromatic rings. The number of nitrogens with zero attached hydrogens (tertiary/aromatic N) is 2. The number of carbonyl (C=O) groups excluding carboxylic acids is 2. The Kier molecular flexibility index (Phi) is 8.78. The van der Waals surface area contributed by atoms with Crippen molar-refractivity contribution in [2.75, 3.05) is 39.5 Å². The molecule has 8 nitrogen and oxygen atoms in total. The molecular weight excluding hydrogens is 502 g/mol. The first-order chi connectivity index (χ1) is 17.4. The third-order valence-electron chi connectivity index (χ3n) is 5.67. The zero-order chi connectivity index (χ0) is 25.5. The molecule has 0 spiro atoms. The van der Waals surface area contributed by atoms with E-state index in [1.54, 1.807) is 24.4 Å². The fraction of sp³-hybridized carbons (Fsp3) is 0.346. The summed E-state index contributed by atoms with van der Waals surface area (Å²) >= 11 is 7.27. The Morgan fingerprint density at radius 3 is 2.69 bits per heavy atom. The van der Waals surface area contributed by atoms with Crippen LogP contribution in [-0.4, -0.2) is 60.8 Å². The number of carbonyl (C=O) groups is 2. The Bertz CT molecular complexity index is 1360. The number of rotatable bonds is 7. The van der Waals surface area contributed by atoms with Gasteiger partial charge in [-0.25, -0.2) is 0 Å². The number of thiophene rings is 1. The van der Waals surface area contributed by atoms with Crippen LogP contribution in [0.4, 0.5) is 0 Å². The van der Waals surface area contributed by atoms with Crippen LogP contribution in [-0.2, 0) is 27.4 Å². The highest BCUT2D eigenvalue weighted by Crippen LogP contribution is 2.23. The highest BCUT2D eigenvalue weighted by Gasteiger charge is 2.17. The molecule has 1 N–H and O–H groups in total. The zero-order valence-electron chi connectivity index (χ0n) is 19.8. The van der Waals surface area contributed by atoms with Crippen LogP contribution < -0.4 is 10.7 Å². The summed E-state index contributed by atoms with van der Waals surface area (Å²) in [6.45, 7) is 5.63. The van der Waals surface area contributed by atoms with E-state index in [2.05, 4.69) is 17.2 Å². The van der Waals surface area contributed by atoms with Gasteiger partial charge in [0.15, 0.2) is 6.61 Å². The van der Waals surface area contributed by atoms with Gasteiger partial charge in [-0.05, 0) is 30.7 Å². The largest absolute Gasteiger partial charge is 0.452 e. The number of hydrogen-bond donors (Lipinski definition) is 1.